The van der Waals surface area contributed by atoms with E-state index in [4.69, 9.17) is 27.9 Å². The van der Waals surface area contributed by atoms with E-state index in [-0.39, 0.29) is 22.0 Å². The van der Waals surface area contributed by atoms with Crippen LogP contribution in [0, 0.1) is 12.7 Å². The average Bonchev–Trinajstić information content (AvgIpc) is 2.70. The van der Waals surface area contributed by atoms with E-state index in [2.05, 4.69) is 0 Å². The number of carboxylic acids is 1. The lowest BCUT2D eigenvalue weighted by Gasteiger charge is -2.22. The number of benzene rings is 2. The Morgan fingerprint density at radius 2 is 1.87 bits per heavy atom. The molecule has 0 amide bonds. The number of halogens is 3. The fourth-order valence-electron chi connectivity index (χ4n) is 3.56. The summed E-state index contributed by atoms with van der Waals surface area (Å²) in [7, 11) is 1.36. The van der Waals surface area contributed by atoms with Crippen LogP contribution in [0.1, 0.15) is 23.0 Å². The maximum absolute atomic E-state index is 13.7. The number of rotatable bonds is 5. The molecule has 0 saturated carbocycles. The molecule has 0 unspecified atom stereocenters. The Bertz CT molecular complexity index is 1220. The van der Waals surface area contributed by atoms with E-state index in [1.807, 2.05) is 6.92 Å². The highest BCUT2D eigenvalue weighted by atomic mass is 35.5. The molecule has 1 aromatic heterocycles. The molecule has 0 atom stereocenters. The normalized spacial score (nSPS) is 10.9. The van der Waals surface area contributed by atoms with Gasteiger partial charge in [0, 0.05) is 29.4 Å². The number of carbonyl (C=O) groups is 1. The van der Waals surface area contributed by atoms with E-state index in [1.165, 1.54) is 25.3 Å². The number of aromatic carboxylic acids is 1. The quantitative estimate of drug-likeness (QED) is 0.545. The molecular weight excluding hydrogens is 432 g/mol. The molecule has 2 aromatic carbocycles. The minimum atomic E-state index is -1.38. The highest BCUT2D eigenvalue weighted by Gasteiger charge is 2.27. The fraction of sp³-hybridized carbons (Fsp3) is 0.182. The van der Waals surface area contributed by atoms with E-state index in [9.17, 15) is 19.1 Å². The summed E-state index contributed by atoms with van der Waals surface area (Å²) in [4.78, 5) is 25.6. The molecular formula is C22H18Cl2FNO4. The largest absolute Gasteiger partial charge is 0.496 e. The van der Waals surface area contributed by atoms with Gasteiger partial charge >= 0.3 is 5.97 Å². The summed E-state index contributed by atoms with van der Waals surface area (Å²) in [6.07, 6.45) is 0. The summed E-state index contributed by atoms with van der Waals surface area (Å²) >= 11 is 12.1. The van der Waals surface area contributed by atoms with Crippen LogP contribution in [0.5, 0.6) is 5.75 Å². The van der Waals surface area contributed by atoms with Crippen LogP contribution in [0.2, 0.25) is 10.0 Å². The summed E-state index contributed by atoms with van der Waals surface area (Å²) < 4.78 is 20.6. The molecule has 5 nitrogen and oxygen atoms in total. The maximum atomic E-state index is 13.7. The van der Waals surface area contributed by atoms with Gasteiger partial charge in [0.2, 0.25) is 5.43 Å². The van der Waals surface area contributed by atoms with Crippen molar-refractivity contribution < 1.29 is 19.0 Å². The lowest BCUT2D eigenvalue weighted by Crippen LogP contribution is -2.25. The van der Waals surface area contributed by atoms with Crippen LogP contribution >= 0.6 is 23.2 Å². The SMILES string of the molecule is CCn1c(C)c(-c2ccc(F)cc2OC)c(=O)c(C(=O)O)c1-c1ccc(Cl)c(Cl)c1. The van der Waals surface area contributed by atoms with Gasteiger partial charge in [0.1, 0.15) is 17.1 Å². The molecule has 0 aliphatic rings. The Kier molecular flexibility index (Phi) is 6.19. The van der Waals surface area contributed by atoms with Gasteiger partial charge in [-0.05, 0) is 38.1 Å². The molecule has 0 spiro atoms. The van der Waals surface area contributed by atoms with Crippen molar-refractivity contribution in [1.29, 1.82) is 0 Å². The molecule has 3 rings (SSSR count). The van der Waals surface area contributed by atoms with Crippen LogP contribution in [-0.2, 0) is 6.54 Å². The van der Waals surface area contributed by atoms with Crippen LogP contribution in [-0.4, -0.2) is 22.8 Å². The first-order chi connectivity index (χ1) is 14.2. The number of hydrogen-bond acceptors (Lipinski definition) is 3. The third-order valence-corrected chi connectivity index (χ3v) is 5.62. The van der Waals surface area contributed by atoms with Crippen LogP contribution in [0.4, 0.5) is 4.39 Å². The molecule has 1 heterocycles. The van der Waals surface area contributed by atoms with Gasteiger partial charge in [-0.1, -0.05) is 29.3 Å². The predicted molar refractivity (Wildman–Crippen MR) is 115 cm³/mol. The zero-order valence-electron chi connectivity index (χ0n) is 16.4. The predicted octanol–water partition coefficient (Wildman–Crippen LogP) is 5.66. The average molecular weight is 450 g/mol. The number of carboxylic acid groups (broad SMARTS) is 1. The van der Waals surface area contributed by atoms with Crippen molar-refractivity contribution in [1.82, 2.24) is 4.57 Å². The van der Waals surface area contributed by atoms with Gasteiger partial charge in [0.15, 0.2) is 0 Å². The first-order valence-corrected chi connectivity index (χ1v) is 9.76. The minimum absolute atomic E-state index is 0.134. The Hall–Kier alpha value is -2.83. The van der Waals surface area contributed by atoms with Crippen LogP contribution in [0.25, 0.3) is 22.4 Å². The fourth-order valence-corrected chi connectivity index (χ4v) is 3.86. The highest BCUT2D eigenvalue weighted by molar-refractivity contribution is 6.42. The number of hydrogen-bond donors (Lipinski definition) is 1. The van der Waals surface area contributed by atoms with Crippen LogP contribution in [0.3, 0.4) is 0 Å². The Morgan fingerprint density at radius 3 is 2.43 bits per heavy atom. The van der Waals surface area contributed by atoms with Crippen molar-refractivity contribution >= 4 is 29.2 Å². The second-order valence-electron chi connectivity index (χ2n) is 6.54. The minimum Gasteiger partial charge on any atom is -0.496 e. The third-order valence-electron chi connectivity index (χ3n) is 4.88. The van der Waals surface area contributed by atoms with Crippen LogP contribution in [0.15, 0.2) is 41.2 Å². The van der Waals surface area contributed by atoms with Gasteiger partial charge in [-0.2, -0.15) is 0 Å². The molecule has 156 valence electrons. The smallest absolute Gasteiger partial charge is 0.341 e. The van der Waals surface area contributed by atoms with Crippen molar-refractivity contribution in [3.05, 3.63) is 73.7 Å². The van der Waals surface area contributed by atoms with E-state index in [1.54, 1.807) is 23.6 Å². The van der Waals surface area contributed by atoms with Gasteiger partial charge in [0.25, 0.3) is 0 Å². The second-order valence-corrected chi connectivity index (χ2v) is 7.35. The molecule has 0 bridgehead atoms. The van der Waals surface area contributed by atoms with E-state index in [0.29, 0.717) is 28.4 Å². The Balaban J connectivity index is 2.48. The number of ether oxygens (including phenoxy) is 1. The van der Waals surface area contributed by atoms with Gasteiger partial charge < -0.3 is 14.4 Å². The molecule has 1 N–H and O–H groups in total. The van der Waals surface area contributed by atoms with Crippen molar-refractivity contribution in [3.63, 3.8) is 0 Å². The maximum Gasteiger partial charge on any atom is 0.341 e. The summed E-state index contributed by atoms with van der Waals surface area (Å²) in [5, 5.41) is 10.5. The monoisotopic (exact) mass is 449 g/mol. The number of nitrogens with zero attached hydrogens (tertiary/aromatic N) is 1. The Morgan fingerprint density at radius 1 is 1.17 bits per heavy atom. The molecule has 8 heteroatoms. The van der Waals surface area contributed by atoms with Crippen LogP contribution < -0.4 is 10.2 Å². The standard InChI is InChI=1S/C22H18Cl2FNO4/c1-4-26-11(2)18(14-7-6-13(25)10-17(14)30-3)21(27)19(22(28)29)20(26)12-5-8-15(23)16(24)9-12/h5-10H,4H2,1-3H3,(H,28,29). The highest BCUT2D eigenvalue weighted by Crippen LogP contribution is 2.35. The Labute approximate surface area is 182 Å². The van der Waals surface area contributed by atoms with Gasteiger partial charge in [-0.25, -0.2) is 9.18 Å². The zero-order chi connectivity index (χ0) is 22.2. The molecule has 0 aliphatic heterocycles. The molecule has 0 radical (unpaired) electrons. The number of methoxy groups -OCH3 is 1. The van der Waals surface area contributed by atoms with Crippen molar-refractivity contribution in [3.8, 4) is 28.1 Å². The summed E-state index contributed by atoms with van der Waals surface area (Å²) in [6, 6.07) is 8.43. The molecule has 0 saturated heterocycles. The van der Waals surface area contributed by atoms with Crippen molar-refractivity contribution in [2.24, 2.45) is 0 Å². The summed E-state index contributed by atoms with van der Waals surface area (Å²) in [5.41, 5.74) is 0.510. The molecule has 0 fully saturated rings. The lowest BCUT2D eigenvalue weighted by molar-refractivity contribution is 0.0695. The first kappa shape index (κ1) is 21.9. The van der Waals surface area contributed by atoms with Gasteiger partial charge in [-0.15, -0.1) is 0 Å². The first-order valence-electron chi connectivity index (χ1n) is 9.01. The summed E-state index contributed by atoms with van der Waals surface area (Å²) in [6.45, 7) is 3.91. The topological polar surface area (TPSA) is 68.5 Å². The molecule has 3 aromatic rings. The van der Waals surface area contributed by atoms with Crippen molar-refractivity contribution in [2.45, 2.75) is 20.4 Å². The number of aromatic nitrogens is 1. The number of pyridine rings is 1. The van der Waals surface area contributed by atoms with E-state index >= 15 is 0 Å². The van der Waals surface area contributed by atoms with Crippen molar-refractivity contribution in [2.75, 3.05) is 7.11 Å². The van der Waals surface area contributed by atoms with Gasteiger partial charge in [-0.3, -0.25) is 4.79 Å². The van der Waals surface area contributed by atoms with E-state index in [0.717, 1.165) is 6.07 Å². The molecule has 0 aliphatic carbocycles. The van der Waals surface area contributed by atoms with E-state index < -0.39 is 22.8 Å². The summed E-state index contributed by atoms with van der Waals surface area (Å²) in [5.74, 6) is -1.78. The molecule has 30 heavy (non-hydrogen) atoms. The van der Waals surface area contributed by atoms with Gasteiger partial charge in [0.05, 0.1) is 28.4 Å². The zero-order valence-corrected chi connectivity index (χ0v) is 17.9. The third kappa shape index (κ3) is 3.68. The second kappa shape index (κ2) is 8.50. The lowest BCUT2D eigenvalue weighted by atomic mass is 9.95.